The molecule has 0 aliphatic carbocycles. The van der Waals surface area contributed by atoms with Gasteiger partial charge >= 0.3 is 0 Å². The largest absolute Gasteiger partial charge is 0.376 e. The number of amides is 1. The van der Waals surface area contributed by atoms with Gasteiger partial charge in [-0.3, -0.25) is 4.79 Å². The molecule has 0 radical (unpaired) electrons. The maximum Gasteiger partial charge on any atom is 0.241 e. The van der Waals surface area contributed by atoms with E-state index in [2.05, 4.69) is 5.32 Å². The number of nitrogens with one attached hydrogen (secondary N) is 1. The SMILES string of the molecule is CCC(C)C(N)C(=O)Nc1cccc(COCCOC(C)C)c1. The van der Waals surface area contributed by atoms with Crippen LogP contribution in [0.5, 0.6) is 0 Å². The Morgan fingerprint density at radius 2 is 2.00 bits per heavy atom. The third-order valence-electron chi connectivity index (χ3n) is 3.70. The molecule has 0 aliphatic rings. The molecule has 23 heavy (non-hydrogen) atoms. The predicted molar refractivity (Wildman–Crippen MR) is 93.2 cm³/mol. The molecule has 1 amide bonds. The highest BCUT2D eigenvalue weighted by atomic mass is 16.5. The zero-order valence-electron chi connectivity index (χ0n) is 14.7. The first kappa shape index (κ1) is 19.6. The van der Waals surface area contributed by atoms with Crippen molar-refractivity contribution in [3.05, 3.63) is 29.8 Å². The maximum atomic E-state index is 12.1. The van der Waals surface area contributed by atoms with Crippen LogP contribution in [0.25, 0.3) is 0 Å². The average Bonchev–Trinajstić information content (AvgIpc) is 2.53. The molecule has 1 aromatic carbocycles. The monoisotopic (exact) mass is 322 g/mol. The zero-order chi connectivity index (χ0) is 17.2. The number of rotatable bonds is 10. The number of hydrogen-bond donors (Lipinski definition) is 2. The molecule has 130 valence electrons. The van der Waals surface area contributed by atoms with Crippen LogP contribution in [0.3, 0.4) is 0 Å². The Balaban J connectivity index is 2.45. The summed E-state index contributed by atoms with van der Waals surface area (Å²) in [6, 6.07) is 7.13. The molecule has 0 spiro atoms. The summed E-state index contributed by atoms with van der Waals surface area (Å²) in [5.74, 6) is 0.00484. The van der Waals surface area contributed by atoms with Crippen LogP contribution in [0.2, 0.25) is 0 Å². The number of benzene rings is 1. The average molecular weight is 322 g/mol. The Morgan fingerprint density at radius 1 is 1.26 bits per heavy atom. The van der Waals surface area contributed by atoms with Gasteiger partial charge in [-0.2, -0.15) is 0 Å². The molecule has 3 N–H and O–H groups in total. The summed E-state index contributed by atoms with van der Waals surface area (Å²) in [6.07, 6.45) is 1.09. The van der Waals surface area contributed by atoms with E-state index in [1.54, 1.807) is 0 Å². The number of hydrogen-bond acceptors (Lipinski definition) is 4. The minimum atomic E-state index is -0.493. The molecule has 2 unspecified atom stereocenters. The topological polar surface area (TPSA) is 73.6 Å². The van der Waals surface area contributed by atoms with Crippen LogP contribution in [-0.2, 0) is 20.9 Å². The van der Waals surface area contributed by atoms with Crippen LogP contribution in [0, 0.1) is 5.92 Å². The van der Waals surface area contributed by atoms with Crippen LogP contribution >= 0.6 is 0 Å². The highest BCUT2D eigenvalue weighted by molar-refractivity contribution is 5.94. The Kier molecular flexibility index (Phi) is 8.84. The lowest BCUT2D eigenvalue weighted by atomic mass is 9.99. The number of anilines is 1. The van der Waals surface area contributed by atoms with Gasteiger partial charge < -0.3 is 20.5 Å². The second kappa shape index (κ2) is 10.4. The van der Waals surface area contributed by atoms with E-state index in [0.717, 1.165) is 17.7 Å². The molecule has 0 aromatic heterocycles. The summed E-state index contributed by atoms with van der Waals surface area (Å²) in [5.41, 5.74) is 7.69. The van der Waals surface area contributed by atoms with E-state index in [1.165, 1.54) is 0 Å². The van der Waals surface area contributed by atoms with Crippen molar-refractivity contribution in [3.63, 3.8) is 0 Å². The van der Waals surface area contributed by atoms with E-state index in [1.807, 2.05) is 52.0 Å². The van der Waals surface area contributed by atoms with Crippen molar-refractivity contribution in [2.24, 2.45) is 11.7 Å². The number of nitrogens with two attached hydrogens (primary N) is 1. The first-order valence-electron chi connectivity index (χ1n) is 8.28. The van der Waals surface area contributed by atoms with Crippen molar-refractivity contribution >= 4 is 11.6 Å². The van der Waals surface area contributed by atoms with Crippen LogP contribution in [0.4, 0.5) is 5.69 Å². The lowest BCUT2D eigenvalue weighted by molar-refractivity contribution is -0.118. The Bertz CT molecular complexity index is 477. The smallest absolute Gasteiger partial charge is 0.241 e. The van der Waals surface area contributed by atoms with Gasteiger partial charge in [0.1, 0.15) is 0 Å². The summed E-state index contributed by atoms with van der Waals surface area (Å²) >= 11 is 0. The van der Waals surface area contributed by atoms with Gasteiger partial charge in [0.05, 0.1) is 32.0 Å². The molecule has 1 rings (SSSR count). The third kappa shape index (κ3) is 7.59. The number of ether oxygens (including phenoxy) is 2. The van der Waals surface area contributed by atoms with E-state index in [4.69, 9.17) is 15.2 Å². The lowest BCUT2D eigenvalue weighted by Crippen LogP contribution is -2.40. The molecule has 0 saturated heterocycles. The van der Waals surface area contributed by atoms with Gasteiger partial charge in [-0.1, -0.05) is 32.4 Å². The standard InChI is InChI=1S/C18H30N2O3/c1-5-14(4)17(19)18(21)20-16-8-6-7-15(11-16)12-22-9-10-23-13(2)3/h6-8,11,13-14,17H,5,9-10,12,19H2,1-4H3,(H,20,21). The van der Waals surface area contributed by atoms with Crippen LogP contribution in [-0.4, -0.2) is 31.3 Å². The van der Waals surface area contributed by atoms with Crippen molar-refractivity contribution in [2.45, 2.75) is 52.9 Å². The molecular formula is C18H30N2O3. The van der Waals surface area contributed by atoms with Gasteiger partial charge in [0, 0.05) is 5.69 Å². The molecule has 5 nitrogen and oxygen atoms in total. The Labute approximate surface area is 139 Å². The molecular weight excluding hydrogens is 292 g/mol. The van der Waals surface area contributed by atoms with E-state index < -0.39 is 6.04 Å². The molecule has 1 aromatic rings. The summed E-state index contributed by atoms with van der Waals surface area (Å²) in [5, 5.41) is 2.87. The van der Waals surface area contributed by atoms with Gasteiger partial charge in [-0.15, -0.1) is 0 Å². The Hall–Kier alpha value is -1.43. The van der Waals surface area contributed by atoms with Crippen molar-refractivity contribution in [3.8, 4) is 0 Å². The molecule has 5 heteroatoms. The normalized spacial score (nSPS) is 13.8. The first-order valence-corrected chi connectivity index (χ1v) is 8.28. The van der Waals surface area contributed by atoms with Crippen molar-refractivity contribution in [1.82, 2.24) is 0 Å². The third-order valence-corrected chi connectivity index (χ3v) is 3.70. The molecule has 0 saturated carbocycles. The molecule has 2 atom stereocenters. The molecule has 0 fully saturated rings. The fourth-order valence-electron chi connectivity index (χ4n) is 2.01. The van der Waals surface area contributed by atoms with E-state index >= 15 is 0 Å². The highest BCUT2D eigenvalue weighted by Gasteiger charge is 2.19. The fourth-order valence-corrected chi connectivity index (χ4v) is 2.01. The highest BCUT2D eigenvalue weighted by Crippen LogP contribution is 2.14. The van der Waals surface area contributed by atoms with Crippen LogP contribution in [0.1, 0.15) is 39.7 Å². The first-order chi connectivity index (χ1) is 10.9. The predicted octanol–water partition coefficient (Wildman–Crippen LogP) is 2.94. The zero-order valence-corrected chi connectivity index (χ0v) is 14.7. The van der Waals surface area contributed by atoms with Crippen molar-refractivity contribution < 1.29 is 14.3 Å². The fraction of sp³-hybridized carbons (Fsp3) is 0.611. The van der Waals surface area contributed by atoms with Gasteiger partial charge in [0.25, 0.3) is 0 Å². The molecule has 0 aliphatic heterocycles. The van der Waals surface area contributed by atoms with Crippen LogP contribution in [0.15, 0.2) is 24.3 Å². The number of carbonyl (C=O) groups excluding carboxylic acids is 1. The summed E-state index contributed by atoms with van der Waals surface area (Å²) in [6.45, 7) is 9.62. The summed E-state index contributed by atoms with van der Waals surface area (Å²) < 4.78 is 11.0. The van der Waals surface area contributed by atoms with Crippen LogP contribution < -0.4 is 11.1 Å². The lowest BCUT2D eigenvalue weighted by Gasteiger charge is -2.18. The summed E-state index contributed by atoms with van der Waals surface area (Å²) in [4.78, 5) is 12.1. The number of carbonyl (C=O) groups is 1. The summed E-state index contributed by atoms with van der Waals surface area (Å²) in [7, 11) is 0. The van der Waals surface area contributed by atoms with Gasteiger partial charge in [-0.25, -0.2) is 0 Å². The van der Waals surface area contributed by atoms with E-state index in [0.29, 0.717) is 19.8 Å². The van der Waals surface area contributed by atoms with Gasteiger partial charge in [-0.05, 0) is 37.5 Å². The molecule has 0 bridgehead atoms. The Morgan fingerprint density at radius 3 is 2.65 bits per heavy atom. The van der Waals surface area contributed by atoms with Crippen molar-refractivity contribution in [2.75, 3.05) is 18.5 Å². The second-order valence-electron chi connectivity index (χ2n) is 6.07. The maximum absolute atomic E-state index is 12.1. The van der Waals surface area contributed by atoms with Crippen molar-refractivity contribution in [1.29, 1.82) is 0 Å². The second-order valence-corrected chi connectivity index (χ2v) is 6.07. The minimum absolute atomic E-state index is 0.150. The minimum Gasteiger partial charge on any atom is -0.376 e. The van der Waals surface area contributed by atoms with Gasteiger partial charge in [0.15, 0.2) is 0 Å². The molecule has 0 heterocycles. The quantitative estimate of drug-likeness (QED) is 0.650. The van der Waals surface area contributed by atoms with Gasteiger partial charge in [0.2, 0.25) is 5.91 Å². The van der Waals surface area contributed by atoms with E-state index in [-0.39, 0.29) is 17.9 Å². The van der Waals surface area contributed by atoms with E-state index in [9.17, 15) is 4.79 Å².